The topological polar surface area (TPSA) is 44.9 Å². The van der Waals surface area contributed by atoms with Crippen molar-refractivity contribution >= 4 is 11.0 Å². The highest BCUT2D eigenvalue weighted by Gasteiger charge is 2.42. The minimum atomic E-state index is 0.686. The predicted octanol–water partition coefficient (Wildman–Crippen LogP) is 4.52. The quantitative estimate of drug-likeness (QED) is 0.668. The van der Waals surface area contributed by atoms with Crippen molar-refractivity contribution in [2.45, 2.75) is 63.2 Å². The van der Waals surface area contributed by atoms with E-state index in [2.05, 4.69) is 33.7 Å². The molecule has 2 atom stereocenters. The van der Waals surface area contributed by atoms with Gasteiger partial charge in [-0.1, -0.05) is 24.6 Å². The number of imidazole rings is 1. The van der Waals surface area contributed by atoms with Crippen LogP contribution < -0.4 is 0 Å². The van der Waals surface area contributed by atoms with E-state index >= 15 is 0 Å². The first kappa shape index (κ1) is 16.3. The molecule has 0 radical (unpaired) electrons. The second-order valence-corrected chi connectivity index (χ2v) is 8.65. The second-order valence-electron chi connectivity index (χ2n) is 8.65. The van der Waals surface area contributed by atoms with Crippen LogP contribution in [0.15, 0.2) is 42.5 Å². The lowest BCUT2D eigenvalue weighted by Crippen LogP contribution is -2.48. The number of hydrogen-bond acceptors (Lipinski definition) is 3. The van der Waals surface area contributed by atoms with Gasteiger partial charge in [0.25, 0.3) is 0 Å². The summed E-state index contributed by atoms with van der Waals surface area (Å²) in [5, 5.41) is 9.01. The first-order chi connectivity index (χ1) is 13.8. The van der Waals surface area contributed by atoms with Crippen LogP contribution in [0.3, 0.4) is 0 Å². The molecule has 1 saturated heterocycles. The lowest BCUT2D eigenvalue weighted by molar-refractivity contribution is 0.0739. The second kappa shape index (κ2) is 6.18. The fourth-order valence-electron chi connectivity index (χ4n) is 5.53. The Balaban J connectivity index is 1.37. The van der Waals surface area contributed by atoms with E-state index in [1.807, 2.05) is 24.3 Å². The van der Waals surface area contributed by atoms with Gasteiger partial charge in [-0.3, -0.25) is 4.90 Å². The highest BCUT2D eigenvalue weighted by Crippen LogP contribution is 2.39. The van der Waals surface area contributed by atoms with Gasteiger partial charge in [0.2, 0.25) is 0 Å². The van der Waals surface area contributed by atoms with Crippen LogP contribution in [0.5, 0.6) is 0 Å². The van der Waals surface area contributed by atoms with Crippen molar-refractivity contribution in [1.82, 2.24) is 14.5 Å². The highest BCUT2D eigenvalue weighted by atomic mass is 15.3. The van der Waals surface area contributed by atoms with Crippen molar-refractivity contribution in [3.63, 3.8) is 0 Å². The largest absolute Gasteiger partial charge is 0.326 e. The number of hydrogen-bond donors (Lipinski definition) is 0. The van der Waals surface area contributed by atoms with Gasteiger partial charge in [-0.2, -0.15) is 5.26 Å². The number of fused-ring (bicyclic) bond motifs is 5. The van der Waals surface area contributed by atoms with Gasteiger partial charge in [0.05, 0.1) is 22.7 Å². The van der Waals surface area contributed by atoms with E-state index < -0.39 is 0 Å². The Morgan fingerprint density at radius 1 is 0.893 bits per heavy atom. The molecule has 3 aliphatic rings. The van der Waals surface area contributed by atoms with Gasteiger partial charge in [-0.05, 0) is 61.1 Å². The molecule has 4 heteroatoms. The van der Waals surface area contributed by atoms with Gasteiger partial charge in [0.15, 0.2) is 0 Å². The molecule has 6 rings (SSSR count). The summed E-state index contributed by atoms with van der Waals surface area (Å²) in [5.41, 5.74) is 5.39. The van der Waals surface area contributed by atoms with Crippen molar-refractivity contribution in [3.8, 4) is 17.2 Å². The zero-order chi connectivity index (χ0) is 18.7. The highest BCUT2D eigenvalue weighted by molar-refractivity contribution is 5.83. The van der Waals surface area contributed by atoms with Gasteiger partial charge in [-0.15, -0.1) is 0 Å². The Hall–Kier alpha value is -2.64. The average Bonchev–Trinajstić information content (AvgIpc) is 3.16. The van der Waals surface area contributed by atoms with E-state index in [1.165, 1.54) is 49.0 Å². The molecule has 3 aromatic rings. The summed E-state index contributed by atoms with van der Waals surface area (Å²) < 4.78 is 2.49. The lowest BCUT2D eigenvalue weighted by Gasteiger charge is -2.41. The third kappa shape index (κ3) is 2.43. The third-order valence-electron chi connectivity index (χ3n) is 7.16. The van der Waals surface area contributed by atoms with Crippen LogP contribution in [0.25, 0.3) is 22.2 Å². The van der Waals surface area contributed by atoms with Crippen molar-refractivity contribution in [1.29, 1.82) is 5.26 Å². The first-order valence-corrected chi connectivity index (χ1v) is 10.6. The Labute approximate surface area is 165 Å². The molecule has 140 valence electrons. The molecular weight excluding hydrogens is 344 g/mol. The number of aromatic nitrogens is 2. The van der Waals surface area contributed by atoms with Crippen LogP contribution in [0.4, 0.5) is 0 Å². The molecule has 2 unspecified atom stereocenters. The first-order valence-electron chi connectivity index (χ1n) is 10.6. The molecule has 0 spiro atoms. The molecule has 2 aliphatic heterocycles. The van der Waals surface area contributed by atoms with E-state index in [1.54, 1.807) is 0 Å². The molecule has 2 fully saturated rings. The van der Waals surface area contributed by atoms with Crippen molar-refractivity contribution in [3.05, 3.63) is 53.9 Å². The van der Waals surface area contributed by atoms with E-state index in [4.69, 9.17) is 10.2 Å². The van der Waals surface area contributed by atoms with Crippen LogP contribution in [-0.4, -0.2) is 32.6 Å². The lowest BCUT2D eigenvalue weighted by atomic mass is 9.90. The summed E-state index contributed by atoms with van der Waals surface area (Å²) in [7, 11) is 0. The Bertz CT molecular complexity index is 1080. The summed E-state index contributed by atoms with van der Waals surface area (Å²) in [5.74, 6) is 1.27. The minimum Gasteiger partial charge on any atom is -0.326 e. The van der Waals surface area contributed by atoms with Crippen LogP contribution in [0.2, 0.25) is 0 Å². The molecule has 0 N–H and O–H groups in total. The maximum atomic E-state index is 9.01. The molecule has 4 nitrogen and oxygen atoms in total. The number of rotatable bonds is 2. The molecular formula is C24H24N4. The van der Waals surface area contributed by atoms with Crippen molar-refractivity contribution < 1.29 is 0 Å². The molecule has 1 aliphatic carbocycles. The molecule has 1 saturated carbocycles. The van der Waals surface area contributed by atoms with Crippen LogP contribution >= 0.6 is 0 Å². The number of benzene rings is 2. The van der Waals surface area contributed by atoms with Gasteiger partial charge in [0.1, 0.15) is 5.82 Å². The van der Waals surface area contributed by atoms with Crippen LogP contribution in [-0.2, 0) is 13.0 Å². The van der Waals surface area contributed by atoms with E-state index in [0.29, 0.717) is 17.6 Å². The molecule has 0 amide bonds. The van der Waals surface area contributed by atoms with E-state index in [9.17, 15) is 0 Å². The Morgan fingerprint density at radius 2 is 1.68 bits per heavy atom. The SMILES string of the molecule is N#Cc1ccc(-c2ccc3c(c2)nc2n3CC3CCC(C2)N3C2CCC2)cc1. The normalized spacial score (nSPS) is 24.5. The summed E-state index contributed by atoms with van der Waals surface area (Å²) in [6, 6.07) is 18.9. The minimum absolute atomic E-state index is 0.686. The van der Waals surface area contributed by atoms with Crippen molar-refractivity contribution in [2.75, 3.05) is 0 Å². The molecule has 1 aromatic heterocycles. The number of nitriles is 1. The van der Waals surface area contributed by atoms with Gasteiger partial charge in [-0.25, -0.2) is 4.98 Å². The van der Waals surface area contributed by atoms with Gasteiger partial charge < -0.3 is 4.57 Å². The summed E-state index contributed by atoms with van der Waals surface area (Å²) in [6.45, 7) is 1.09. The Kier molecular flexibility index (Phi) is 3.61. The smallest absolute Gasteiger partial charge is 0.111 e. The Morgan fingerprint density at radius 3 is 2.43 bits per heavy atom. The summed E-state index contributed by atoms with van der Waals surface area (Å²) in [6.07, 6.45) is 7.96. The van der Waals surface area contributed by atoms with Crippen molar-refractivity contribution in [2.24, 2.45) is 0 Å². The zero-order valence-electron chi connectivity index (χ0n) is 16.0. The maximum absolute atomic E-state index is 9.01. The van der Waals surface area contributed by atoms with Gasteiger partial charge >= 0.3 is 0 Å². The standard InChI is InChI=1S/C24H24N4/c25-14-16-4-6-17(7-5-16)18-8-11-23-22(12-18)26-24-13-20-9-10-21(15-27(23)24)28(20)19-2-1-3-19/h4-8,11-12,19-21H,1-3,9-10,13,15H2. The fraction of sp³-hybridized carbons (Fsp3) is 0.417. The monoisotopic (exact) mass is 368 g/mol. The third-order valence-corrected chi connectivity index (χ3v) is 7.16. The average molecular weight is 368 g/mol. The zero-order valence-corrected chi connectivity index (χ0v) is 16.0. The maximum Gasteiger partial charge on any atom is 0.111 e. The van der Waals surface area contributed by atoms with Gasteiger partial charge in [0, 0.05) is 31.1 Å². The molecule has 28 heavy (non-hydrogen) atoms. The predicted molar refractivity (Wildman–Crippen MR) is 110 cm³/mol. The van der Waals surface area contributed by atoms with Crippen LogP contribution in [0.1, 0.15) is 43.5 Å². The fourth-order valence-corrected chi connectivity index (χ4v) is 5.53. The van der Waals surface area contributed by atoms with Crippen LogP contribution in [0, 0.1) is 11.3 Å². The molecule has 3 heterocycles. The van der Waals surface area contributed by atoms with E-state index in [0.717, 1.165) is 30.1 Å². The molecule has 2 aromatic carbocycles. The summed E-state index contributed by atoms with van der Waals surface area (Å²) in [4.78, 5) is 7.93. The van der Waals surface area contributed by atoms with E-state index in [-0.39, 0.29) is 0 Å². The summed E-state index contributed by atoms with van der Waals surface area (Å²) >= 11 is 0. The molecule has 2 bridgehead atoms. The number of nitrogens with zero attached hydrogens (tertiary/aromatic N) is 4.